The van der Waals surface area contributed by atoms with Crippen molar-refractivity contribution < 1.29 is 18.9 Å². The number of urea groups is 1. The molecular weight excluding hydrogens is 384 g/mol. The number of benzene rings is 1. The fourth-order valence-corrected chi connectivity index (χ4v) is 4.72. The smallest absolute Gasteiger partial charge is 0.332 e. The molecule has 0 atom stereocenters. The molecule has 3 heterocycles. The number of carbonyl (C=O) groups excluding carboxylic acids is 3. The van der Waals surface area contributed by atoms with Crippen molar-refractivity contribution in [1.82, 2.24) is 15.0 Å². The molecule has 156 valence electrons. The van der Waals surface area contributed by atoms with Crippen molar-refractivity contribution in [2.45, 2.75) is 44.6 Å². The highest BCUT2D eigenvalue weighted by Gasteiger charge is 2.42. The maximum absolute atomic E-state index is 13.0. The van der Waals surface area contributed by atoms with Gasteiger partial charge in [-0.1, -0.05) is 23.4 Å². The van der Waals surface area contributed by atoms with Crippen LogP contribution >= 0.6 is 0 Å². The zero-order valence-electron chi connectivity index (χ0n) is 16.7. The van der Waals surface area contributed by atoms with Crippen LogP contribution in [0.1, 0.15) is 47.5 Å². The SMILES string of the molecule is O=C(c1noc2c1CCCC2)N1CCC(N2CC(=O)N(c3ccccc3)C2=O)CC1. The van der Waals surface area contributed by atoms with E-state index in [0.717, 1.165) is 37.0 Å². The number of likely N-dealkylation sites (tertiary alicyclic amines) is 1. The van der Waals surface area contributed by atoms with E-state index in [9.17, 15) is 14.4 Å². The Kier molecular flexibility index (Phi) is 4.77. The molecule has 8 heteroatoms. The molecule has 3 aliphatic rings. The lowest BCUT2D eigenvalue weighted by Gasteiger charge is -2.36. The summed E-state index contributed by atoms with van der Waals surface area (Å²) in [5, 5.41) is 4.05. The van der Waals surface area contributed by atoms with E-state index in [0.29, 0.717) is 37.3 Å². The number of nitrogens with zero attached hydrogens (tertiary/aromatic N) is 4. The Morgan fingerprint density at radius 2 is 1.77 bits per heavy atom. The van der Waals surface area contributed by atoms with Crippen LogP contribution in [0.3, 0.4) is 0 Å². The summed E-state index contributed by atoms with van der Waals surface area (Å²) in [7, 11) is 0. The Labute approximate surface area is 174 Å². The summed E-state index contributed by atoms with van der Waals surface area (Å²) in [6, 6.07) is 8.67. The highest BCUT2D eigenvalue weighted by molar-refractivity contribution is 6.19. The summed E-state index contributed by atoms with van der Waals surface area (Å²) in [5.74, 6) is 0.552. The second-order valence-electron chi connectivity index (χ2n) is 8.14. The average Bonchev–Trinajstić information content (AvgIpc) is 3.34. The largest absolute Gasteiger partial charge is 0.360 e. The topological polar surface area (TPSA) is 87.0 Å². The normalized spacial score (nSPS) is 20.1. The van der Waals surface area contributed by atoms with Gasteiger partial charge in [0, 0.05) is 31.1 Å². The van der Waals surface area contributed by atoms with Gasteiger partial charge in [-0.3, -0.25) is 9.59 Å². The van der Waals surface area contributed by atoms with Gasteiger partial charge in [-0.25, -0.2) is 9.69 Å². The average molecular weight is 408 g/mol. The predicted molar refractivity (Wildman–Crippen MR) is 108 cm³/mol. The molecule has 8 nitrogen and oxygen atoms in total. The third-order valence-electron chi connectivity index (χ3n) is 6.35. The number of anilines is 1. The Balaban J connectivity index is 1.24. The van der Waals surface area contributed by atoms with E-state index in [-0.39, 0.29) is 30.4 Å². The molecule has 0 N–H and O–H groups in total. The summed E-state index contributed by atoms with van der Waals surface area (Å²) in [4.78, 5) is 43.1. The molecule has 1 aliphatic carbocycles. The first-order chi connectivity index (χ1) is 14.6. The van der Waals surface area contributed by atoms with Crippen molar-refractivity contribution in [2.75, 3.05) is 24.5 Å². The molecule has 0 spiro atoms. The van der Waals surface area contributed by atoms with E-state index in [1.54, 1.807) is 21.9 Å². The molecular formula is C22H24N4O4. The summed E-state index contributed by atoms with van der Waals surface area (Å²) in [5.41, 5.74) is 2.01. The van der Waals surface area contributed by atoms with Crippen molar-refractivity contribution >= 4 is 23.5 Å². The molecule has 0 unspecified atom stereocenters. The van der Waals surface area contributed by atoms with Gasteiger partial charge in [-0.2, -0.15) is 0 Å². The van der Waals surface area contributed by atoms with Gasteiger partial charge in [0.15, 0.2) is 5.69 Å². The molecule has 0 saturated carbocycles. The van der Waals surface area contributed by atoms with Gasteiger partial charge in [-0.05, 0) is 44.2 Å². The molecule has 2 saturated heterocycles. The standard InChI is InChI=1S/C22H24N4O4/c27-19-14-25(22(29)26(19)16-6-2-1-3-7-16)15-10-12-24(13-11-15)21(28)20-17-8-4-5-9-18(17)30-23-20/h1-3,6-7,15H,4-5,8-14H2. The van der Waals surface area contributed by atoms with Crippen LogP contribution < -0.4 is 4.90 Å². The first-order valence-corrected chi connectivity index (χ1v) is 10.6. The molecule has 5 rings (SSSR count). The van der Waals surface area contributed by atoms with E-state index >= 15 is 0 Å². The van der Waals surface area contributed by atoms with Gasteiger partial charge in [-0.15, -0.1) is 0 Å². The van der Waals surface area contributed by atoms with Crippen LogP contribution in [-0.2, 0) is 17.6 Å². The number of fused-ring (bicyclic) bond motifs is 1. The number of carbonyl (C=O) groups is 3. The zero-order chi connectivity index (χ0) is 20.7. The van der Waals surface area contributed by atoms with Gasteiger partial charge in [0.25, 0.3) is 11.8 Å². The molecule has 30 heavy (non-hydrogen) atoms. The van der Waals surface area contributed by atoms with Crippen molar-refractivity contribution in [3.05, 3.63) is 47.3 Å². The van der Waals surface area contributed by atoms with Gasteiger partial charge < -0.3 is 14.3 Å². The predicted octanol–water partition coefficient (Wildman–Crippen LogP) is 2.63. The summed E-state index contributed by atoms with van der Waals surface area (Å²) in [6.07, 6.45) is 5.11. The van der Waals surface area contributed by atoms with Gasteiger partial charge in [0.05, 0.1) is 5.69 Å². The quantitative estimate of drug-likeness (QED) is 0.729. The van der Waals surface area contributed by atoms with Crippen LogP contribution in [0.25, 0.3) is 0 Å². The number of hydrogen-bond acceptors (Lipinski definition) is 5. The number of piperidine rings is 1. The van der Waals surface area contributed by atoms with E-state index in [2.05, 4.69) is 5.16 Å². The molecule has 0 radical (unpaired) electrons. The maximum atomic E-state index is 13.0. The van der Waals surface area contributed by atoms with Crippen LogP contribution in [0.15, 0.2) is 34.9 Å². The second kappa shape index (κ2) is 7.59. The Hall–Kier alpha value is -3.16. The third-order valence-corrected chi connectivity index (χ3v) is 6.35. The number of imide groups is 1. The van der Waals surface area contributed by atoms with Crippen molar-refractivity contribution in [3.8, 4) is 0 Å². The van der Waals surface area contributed by atoms with Gasteiger partial charge in [0.1, 0.15) is 12.3 Å². The highest BCUT2D eigenvalue weighted by atomic mass is 16.5. The molecule has 2 aromatic rings. The summed E-state index contributed by atoms with van der Waals surface area (Å²) < 4.78 is 5.39. The minimum absolute atomic E-state index is 0.0505. The molecule has 4 amide bonds. The lowest BCUT2D eigenvalue weighted by Crippen LogP contribution is -2.48. The zero-order valence-corrected chi connectivity index (χ0v) is 16.7. The van der Waals surface area contributed by atoms with Crippen LogP contribution in [0.5, 0.6) is 0 Å². The van der Waals surface area contributed by atoms with Gasteiger partial charge in [0.2, 0.25) is 0 Å². The Bertz CT molecular complexity index is 978. The third kappa shape index (κ3) is 3.16. The monoisotopic (exact) mass is 408 g/mol. The maximum Gasteiger partial charge on any atom is 0.332 e. The van der Waals surface area contributed by atoms with E-state index in [1.165, 1.54) is 4.90 Å². The number of hydrogen-bond donors (Lipinski definition) is 0. The Morgan fingerprint density at radius 1 is 1.03 bits per heavy atom. The lowest BCUT2D eigenvalue weighted by molar-refractivity contribution is -0.116. The highest BCUT2D eigenvalue weighted by Crippen LogP contribution is 2.28. The molecule has 2 aliphatic heterocycles. The minimum atomic E-state index is -0.276. The van der Waals surface area contributed by atoms with Crippen molar-refractivity contribution in [1.29, 1.82) is 0 Å². The van der Waals surface area contributed by atoms with Gasteiger partial charge >= 0.3 is 6.03 Å². The van der Waals surface area contributed by atoms with Crippen LogP contribution in [0.4, 0.5) is 10.5 Å². The lowest BCUT2D eigenvalue weighted by atomic mass is 9.95. The van der Waals surface area contributed by atoms with Crippen molar-refractivity contribution in [2.24, 2.45) is 0 Å². The summed E-state index contributed by atoms with van der Waals surface area (Å²) >= 11 is 0. The molecule has 1 aromatic carbocycles. The second-order valence-corrected chi connectivity index (χ2v) is 8.14. The number of aryl methyl sites for hydroxylation is 1. The molecule has 2 fully saturated rings. The summed E-state index contributed by atoms with van der Waals surface area (Å²) in [6.45, 7) is 1.16. The van der Waals surface area contributed by atoms with E-state index in [4.69, 9.17) is 4.52 Å². The van der Waals surface area contributed by atoms with E-state index < -0.39 is 0 Å². The van der Waals surface area contributed by atoms with Crippen LogP contribution in [0, 0.1) is 0 Å². The van der Waals surface area contributed by atoms with Crippen LogP contribution in [0.2, 0.25) is 0 Å². The molecule has 1 aromatic heterocycles. The number of amides is 4. The molecule has 0 bridgehead atoms. The van der Waals surface area contributed by atoms with Crippen LogP contribution in [-0.4, -0.2) is 58.5 Å². The number of para-hydroxylation sites is 1. The Morgan fingerprint density at radius 3 is 2.53 bits per heavy atom. The van der Waals surface area contributed by atoms with E-state index in [1.807, 2.05) is 18.2 Å². The number of rotatable bonds is 3. The number of aromatic nitrogens is 1. The minimum Gasteiger partial charge on any atom is -0.360 e. The fraction of sp³-hybridized carbons (Fsp3) is 0.455. The fourth-order valence-electron chi connectivity index (χ4n) is 4.72. The first-order valence-electron chi connectivity index (χ1n) is 10.6. The van der Waals surface area contributed by atoms with Crippen molar-refractivity contribution in [3.63, 3.8) is 0 Å². The first kappa shape index (κ1) is 18.8.